The van der Waals surface area contributed by atoms with Gasteiger partial charge in [-0.2, -0.15) is 0 Å². The van der Waals surface area contributed by atoms with Crippen LogP contribution in [0, 0.1) is 0 Å². The van der Waals surface area contributed by atoms with Gasteiger partial charge >= 0.3 is 0 Å². The van der Waals surface area contributed by atoms with Crippen LogP contribution in [0.3, 0.4) is 0 Å². The van der Waals surface area contributed by atoms with Crippen molar-refractivity contribution in [2.75, 3.05) is 13.3 Å². The zero-order valence-electron chi connectivity index (χ0n) is 19.4. The maximum absolute atomic E-state index is 13.7. The molecule has 3 aromatic carbocycles. The van der Waals surface area contributed by atoms with Crippen LogP contribution in [0.25, 0.3) is 16.6 Å². The molecular weight excluding hydrogens is 510 g/mol. The molecule has 0 spiro atoms. The van der Waals surface area contributed by atoms with E-state index in [1.54, 1.807) is 33.7 Å². The lowest BCUT2D eigenvalue weighted by molar-refractivity contribution is 0.0681. The number of aromatic nitrogens is 2. The lowest BCUT2D eigenvalue weighted by Crippen LogP contribution is -2.38. The minimum Gasteiger partial charge on any atom is -0.454 e. The minimum absolute atomic E-state index is 0.141. The molecule has 35 heavy (non-hydrogen) atoms. The third kappa shape index (κ3) is 4.30. The van der Waals surface area contributed by atoms with Crippen molar-refractivity contribution in [2.45, 2.75) is 26.3 Å². The number of carbonyl (C=O) groups is 1. The Balaban J connectivity index is 1.64. The van der Waals surface area contributed by atoms with E-state index in [4.69, 9.17) is 14.5 Å². The van der Waals surface area contributed by atoms with Crippen molar-refractivity contribution in [3.63, 3.8) is 0 Å². The highest BCUT2D eigenvalue weighted by molar-refractivity contribution is 9.10. The Kier molecular flexibility index (Phi) is 6.30. The molecule has 7 nitrogen and oxygen atoms in total. The van der Waals surface area contributed by atoms with Crippen LogP contribution in [0.15, 0.2) is 76.0 Å². The van der Waals surface area contributed by atoms with E-state index in [1.165, 1.54) is 0 Å². The zero-order chi connectivity index (χ0) is 24.5. The second kappa shape index (κ2) is 9.54. The molecule has 0 N–H and O–H groups in total. The van der Waals surface area contributed by atoms with E-state index in [2.05, 4.69) is 15.9 Å². The molecular formula is C27H24BrN3O4. The van der Waals surface area contributed by atoms with Crippen LogP contribution < -0.4 is 15.0 Å². The Morgan fingerprint density at radius 1 is 1.09 bits per heavy atom. The van der Waals surface area contributed by atoms with Gasteiger partial charge in [0.15, 0.2) is 11.5 Å². The highest BCUT2D eigenvalue weighted by Crippen LogP contribution is 2.34. The molecule has 0 radical (unpaired) electrons. The number of rotatable bonds is 6. The second-order valence-corrected chi connectivity index (χ2v) is 9.26. The van der Waals surface area contributed by atoms with Gasteiger partial charge in [-0.3, -0.25) is 14.2 Å². The smallest absolute Gasteiger partial charge is 0.266 e. The van der Waals surface area contributed by atoms with Crippen molar-refractivity contribution >= 4 is 32.7 Å². The van der Waals surface area contributed by atoms with Crippen LogP contribution >= 0.6 is 15.9 Å². The van der Waals surface area contributed by atoms with Crippen molar-refractivity contribution in [2.24, 2.45) is 0 Å². The molecule has 1 aromatic heterocycles. The Morgan fingerprint density at radius 3 is 2.60 bits per heavy atom. The van der Waals surface area contributed by atoms with Crippen molar-refractivity contribution in [3.05, 3.63) is 92.9 Å². The van der Waals surface area contributed by atoms with Crippen LogP contribution in [0.2, 0.25) is 0 Å². The van der Waals surface area contributed by atoms with Crippen molar-refractivity contribution in [1.82, 2.24) is 14.5 Å². The number of amides is 1. The van der Waals surface area contributed by atoms with Gasteiger partial charge in [0.05, 0.1) is 22.6 Å². The first kappa shape index (κ1) is 23.1. The molecule has 1 unspecified atom stereocenters. The highest BCUT2D eigenvalue weighted by Gasteiger charge is 2.28. The number of fused-ring (bicyclic) bond motifs is 2. The van der Waals surface area contributed by atoms with E-state index in [0.29, 0.717) is 46.0 Å². The van der Waals surface area contributed by atoms with Crippen LogP contribution in [0.4, 0.5) is 0 Å². The largest absolute Gasteiger partial charge is 0.454 e. The normalized spacial score (nSPS) is 13.1. The Bertz CT molecular complexity index is 1470. The molecule has 5 rings (SSSR count). The summed E-state index contributed by atoms with van der Waals surface area (Å²) in [5, 5.41) is 0.524. The highest BCUT2D eigenvalue weighted by atomic mass is 79.9. The van der Waals surface area contributed by atoms with Gasteiger partial charge in [0.25, 0.3) is 11.5 Å². The molecule has 4 aromatic rings. The van der Waals surface area contributed by atoms with Gasteiger partial charge in [-0.05, 0) is 67.9 Å². The molecule has 178 valence electrons. The summed E-state index contributed by atoms with van der Waals surface area (Å²) in [4.78, 5) is 34.0. The van der Waals surface area contributed by atoms with E-state index < -0.39 is 6.04 Å². The standard InChI is InChI=1S/C27H24BrN3O4/c1-3-14-30(26(32)18-8-13-23-24(15-18)35-16-34-23)17(2)25-29-22-7-5-4-6-21(22)27(33)31(25)20-11-9-19(28)10-12-20/h4-13,15,17H,3,14,16H2,1-2H3. The molecule has 1 atom stereocenters. The first-order valence-corrected chi connectivity index (χ1v) is 12.3. The van der Waals surface area contributed by atoms with Crippen molar-refractivity contribution in [1.29, 1.82) is 0 Å². The summed E-state index contributed by atoms with van der Waals surface area (Å²) in [6, 6.07) is 19.5. The average Bonchev–Trinajstić information content (AvgIpc) is 3.35. The third-order valence-corrected chi connectivity index (χ3v) is 6.60. The summed E-state index contributed by atoms with van der Waals surface area (Å²) in [6.07, 6.45) is 0.747. The maximum Gasteiger partial charge on any atom is 0.266 e. The molecule has 1 aliphatic rings. The molecule has 1 aliphatic heterocycles. The first-order chi connectivity index (χ1) is 17.0. The van der Waals surface area contributed by atoms with E-state index in [1.807, 2.05) is 56.3 Å². The van der Waals surface area contributed by atoms with Gasteiger partial charge in [-0.1, -0.05) is 35.0 Å². The van der Waals surface area contributed by atoms with Crippen molar-refractivity contribution < 1.29 is 14.3 Å². The summed E-state index contributed by atoms with van der Waals surface area (Å²) >= 11 is 3.46. The Hall–Kier alpha value is -3.65. The Labute approximate surface area is 211 Å². The number of hydrogen-bond donors (Lipinski definition) is 0. The second-order valence-electron chi connectivity index (χ2n) is 8.35. The van der Waals surface area contributed by atoms with E-state index in [9.17, 15) is 9.59 Å². The van der Waals surface area contributed by atoms with Gasteiger partial charge in [-0.25, -0.2) is 4.98 Å². The van der Waals surface area contributed by atoms with Gasteiger partial charge in [0, 0.05) is 16.6 Å². The summed E-state index contributed by atoms with van der Waals surface area (Å²) in [7, 11) is 0. The molecule has 0 fully saturated rings. The molecule has 0 aliphatic carbocycles. The quantitative estimate of drug-likeness (QED) is 0.327. The molecule has 0 saturated carbocycles. The van der Waals surface area contributed by atoms with Gasteiger partial charge in [0.1, 0.15) is 5.82 Å². The van der Waals surface area contributed by atoms with Gasteiger partial charge in [-0.15, -0.1) is 0 Å². The monoisotopic (exact) mass is 533 g/mol. The maximum atomic E-state index is 13.7. The third-order valence-electron chi connectivity index (χ3n) is 6.07. The van der Waals surface area contributed by atoms with Gasteiger partial charge < -0.3 is 14.4 Å². The van der Waals surface area contributed by atoms with Crippen molar-refractivity contribution in [3.8, 4) is 17.2 Å². The fraction of sp³-hybridized carbons (Fsp3) is 0.222. The van der Waals surface area contributed by atoms with Gasteiger partial charge in [0.2, 0.25) is 6.79 Å². The van der Waals surface area contributed by atoms with Crippen LogP contribution in [0.1, 0.15) is 42.5 Å². The predicted molar refractivity (Wildman–Crippen MR) is 137 cm³/mol. The van der Waals surface area contributed by atoms with E-state index in [-0.39, 0.29) is 18.3 Å². The lowest BCUT2D eigenvalue weighted by Gasteiger charge is -2.30. The summed E-state index contributed by atoms with van der Waals surface area (Å²) in [5.74, 6) is 1.51. The lowest BCUT2D eigenvalue weighted by atomic mass is 10.1. The van der Waals surface area contributed by atoms with Crippen LogP contribution in [-0.4, -0.2) is 33.7 Å². The molecule has 2 heterocycles. The summed E-state index contributed by atoms with van der Waals surface area (Å²) in [5.41, 5.74) is 1.60. The summed E-state index contributed by atoms with van der Waals surface area (Å²) < 4.78 is 13.4. The molecule has 0 bridgehead atoms. The number of carbonyl (C=O) groups excluding carboxylic acids is 1. The number of nitrogens with zero attached hydrogens (tertiary/aromatic N) is 3. The number of hydrogen-bond acceptors (Lipinski definition) is 5. The number of halogens is 1. The van der Waals surface area contributed by atoms with E-state index in [0.717, 1.165) is 10.9 Å². The molecule has 0 saturated heterocycles. The fourth-order valence-electron chi connectivity index (χ4n) is 4.32. The minimum atomic E-state index is -0.478. The number of para-hydroxylation sites is 1. The Morgan fingerprint density at radius 2 is 1.83 bits per heavy atom. The molecule has 8 heteroatoms. The topological polar surface area (TPSA) is 73.7 Å². The van der Waals surface area contributed by atoms with Crippen LogP contribution in [-0.2, 0) is 0 Å². The van der Waals surface area contributed by atoms with Crippen LogP contribution in [0.5, 0.6) is 11.5 Å². The number of benzene rings is 3. The first-order valence-electron chi connectivity index (χ1n) is 11.5. The number of ether oxygens (including phenoxy) is 2. The predicted octanol–water partition coefficient (Wildman–Crippen LogP) is 5.49. The summed E-state index contributed by atoms with van der Waals surface area (Å²) in [6.45, 7) is 4.56. The average molecular weight is 534 g/mol. The fourth-order valence-corrected chi connectivity index (χ4v) is 4.58. The molecule has 1 amide bonds. The zero-order valence-corrected chi connectivity index (χ0v) is 21.0. The van der Waals surface area contributed by atoms with E-state index >= 15 is 0 Å². The SMILES string of the molecule is CCCN(C(=O)c1ccc2c(c1)OCO2)C(C)c1nc2ccccc2c(=O)n1-c1ccc(Br)cc1.